The zero-order valence-corrected chi connectivity index (χ0v) is 13.5. The fourth-order valence-corrected chi connectivity index (χ4v) is 2.61. The summed E-state index contributed by atoms with van der Waals surface area (Å²) in [6.07, 6.45) is 2.80. The summed E-state index contributed by atoms with van der Waals surface area (Å²) in [5.41, 5.74) is 0. The Bertz CT molecular complexity index is 473. The molecule has 3 N–H and O–H groups in total. The number of halogens is 1. The molecule has 2 rings (SSSR count). The second kappa shape index (κ2) is 8.25. The molecule has 22 heavy (non-hydrogen) atoms. The molecule has 1 atom stereocenters. The van der Waals surface area contributed by atoms with Gasteiger partial charge in [-0.15, -0.1) is 0 Å². The molecule has 0 spiro atoms. The van der Waals surface area contributed by atoms with Crippen LogP contribution in [-0.2, 0) is 0 Å². The molecule has 0 aliphatic heterocycles. The lowest BCUT2D eigenvalue weighted by Gasteiger charge is -2.26. The van der Waals surface area contributed by atoms with Crippen molar-refractivity contribution in [3.05, 3.63) is 29.3 Å². The Hall–Kier alpha value is -1.46. The van der Waals surface area contributed by atoms with E-state index >= 15 is 0 Å². The molecule has 2 amide bonds. The maximum atomic E-state index is 11.8. The van der Waals surface area contributed by atoms with E-state index in [0.29, 0.717) is 11.6 Å². The molecular formula is C16H23ClN2O3. The summed E-state index contributed by atoms with van der Waals surface area (Å²) in [5.74, 6) is 0.723. The van der Waals surface area contributed by atoms with Crippen LogP contribution in [0.2, 0.25) is 5.02 Å². The predicted octanol–water partition coefficient (Wildman–Crippen LogP) is 2.71. The summed E-state index contributed by atoms with van der Waals surface area (Å²) in [4.78, 5) is 11.8. The summed E-state index contributed by atoms with van der Waals surface area (Å²) in [7, 11) is 0. The number of urea groups is 1. The lowest BCUT2D eigenvalue weighted by atomic mass is 9.93. The van der Waals surface area contributed by atoms with Crippen LogP contribution in [0.4, 0.5) is 4.79 Å². The van der Waals surface area contributed by atoms with Gasteiger partial charge in [0.05, 0.1) is 12.6 Å². The van der Waals surface area contributed by atoms with Crippen LogP contribution in [0.3, 0.4) is 0 Å². The lowest BCUT2D eigenvalue weighted by Crippen LogP contribution is -2.46. The van der Waals surface area contributed by atoms with E-state index < -0.39 is 0 Å². The number of carbonyl (C=O) groups excluding carboxylic acids is 1. The van der Waals surface area contributed by atoms with E-state index in [9.17, 15) is 9.90 Å². The molecule has 0 unspecified atom stereocenters. The number of rotatable bonds is 5. The van der Waals surface area contributed by atoms with Crippen molar-refractivity contribution in [3.63, 3.8) is 0 Å². The minimum absolute atomic E-state index is 0.139. The molecule has 1 saturated carbocycles. The Morgan fingerprint density at radius 3 is 2.59 bits per heavy atom. The van der Waals surface area contributed by atoms with Crippen molar-refractivity contribution < 1.29 is 14.6 Å². The van der Waals surface area contributed by atoms with E-state index in [2.05, 4.69) is 10.6 Å². The van der Waals surface area contributed by atoms with E-state index in [4.69, 9.17) is 16.3 Å². The third-order valence-corrected chi connectivity index (χ3v) is 3.98. The minimum Gasteiger partial charge on any atom is -0.489 e. The van der Waals surface area contributed by atoms with Gasteiger partial charge >= 0.3 is 6.03 Å². The van der Waals surface area contributed by atoms with Gasteiger partial charge in [-0.1, -0.05) is 11.6 Å². The van der Waals surface area contributed by atoms with Crippen molar-refractivity contribution in [2.24, 2.45) is 0 Å². The van der Waals surface area contributed by atoms with Gasteiger partial charge in [-0.2, -0.15) is 0 Å². The van der Waals surface area contributed by atoms with Crippen molar-refractivity contribution in [2.75, 3.05) is 6.54 Å². The van der Waals surface area contributed by atoms with Crippen LogP contribution >= 0.6 is 11.6 Å². The zero-order valence-electron chi connectivity index (χ0n) is 12.7. The lowest BCUT2D eigenvalue weighted by molar-refractivity contribution is 0.117. The van der Waals surface area contributed by atoms with E-state index in [1.54, 1.807) is 24.3 Å². The number of nitrogens with one attached hydrogen (secondary N) is 2. The molecule has 6 heteroatoms. The van der Waals surface area contributed by atoms with Gasteiger partial charge in [-0.05, 0) is 56.9 Å². The molecule has 1 fully saturated rings. The van der Waals surface area contributed by atoms with Gasteiger partial charge in [-0.25, -0.2) is 4.79 Å². The summed E-state index contributed by atoms with van der Waals surface area (Å²) in [6, 6.07) is 7.09. The van der Waals surface area contributed by atoms with Crippen LogP contribution in [-0.4, -0.2) is 35.9 Å². The maximum absolute atomic E-state index is 11.8. The Labute approximate surface area is 136 Å². The third kappa shape index (κ3) is 5.73. The van der Waals surface area contributed by atoms with Crippen LogP contribution in [0, 0.1) is 0 Å². The van der Waals surface area contributed by atoms with Gasteiger partial charge < -0.3 is 20.5 Å². The van der Waals surface area contributed by atoms with Gasteiger partial charge in [0.25, 0.3) is 0 Å². The molecule has 122 valence electrons. The SMILES string of the molecule is C[C@@H](CNC(=O)NC1CCC(O)CC1)Oc1ccc(Cl)cc1. The fraction of sp³-hybridized carbons (Fsp3) is 0.562. The largest absolute Gasteiger partial charge is 0.489 e. The number of hydrogen-bond donors (Lipinski definition) is 3. The average molecular weight is 327 g/mol. The highest BCUT2D eigenvalue weighted by atomic mass is 35.5. The van der Waals surface area contributed by atoms with E-state index in [0.717, 1.165) is 31.4 Å². The first-order valence-corrected chi connectivity index (χ1v) is 8.05. The Kier molecular flexibility index (Phi) is 6.34. The van der Waals surface area contributed by atoms with Crippen molar-refractivity contribution in [2.45, 2.75) is 50.9 Å². The van der Waals surface area contributed by atoms with Crippen molar-refractivity contribution in [3.8, 4) is 5.75 Å². The van der Waals surface area contributed by atoms with Crippen LogP contribution in [0.1, 0.15) is 32.6 Å². The summed E-state index contributed by atoms with van der Waals surface area (Å²) in [6.45, 7) is 2.32. The van der Waals surface area contributed by atoms with Crippen LogP contribution in [0.15, 0.2) is 24.3 Å². The normalized spacial score (nSPS) is 22.7. The molecule has 0 heterocycles. The molecule has 0 aromatic heterocycles. The first-order chi connectivity index (χ1) is 10.5. The Morgan fingerprint density at radius 2 is 1.95 bits per heavy atom. The van der Waals surface area contributed by atoms with Gasteiger partial charge in [0, 0.05) is 11.1 Å². The number of benzene rings is 1. The number of aliphatic hydroxyl groups excluding tert-OH is 1. The quantitative estimate of drug-likeness (QED) is 0.779. The molecule has 1 aliphatic rings. The second-order valence-electron chi connectivity index (χ2n) is 5.74. The first kappa shape index (κ1) is 16.9. The number of carbonyl (C=O) groups is 1. The minimum atomic E-state index is -0.214. The number of aliphatic hydroxyl groups is 1. The van der Waals surface area contributed by atoms with Gasteiger partial charge in [0.15, 0.2) is 0 Å². The van der Waals surface area contributed by atoms with Crippen molar-refractivity contribution >= 4 is 17.6 Å². The molecule has 5 nitrogen and oxygen atoms in total. The molecule has 0 radical (unpaired) electrons. The van der Waals surface area contributed by atoms with Crippen molar-refractivity contribution in [1.29, 1.82) is 0 Å². The Morgan fingerprint density at radius 1 is 1.32 bits per heavy atom. The molecule has 0 saturated heterocycles. The third-order valence-electron chi connectivity index (χ3n) is 3.73. The monoisotopic (exact) mass is 326 g/mol. The van der Waals surface area contributed by atoms with Crippen LogP contribution in [0.25, 0.3) is 0 Å². The van der Waals surface area contributed by atoms with E-state index in [-0.39, 0.29) is 24.3 Å². The molecule has 1 aromatic rings. The van der Waals surface area contributed by atoms with E-state index in [1.807, 2.05) is 6.92 Å². The summed E-state index contributed by atoms with van der Waals surface area (Å²) >= 11 is 5.82. The molecule has 1 aromatic carbocycles. The van der Waals surface area contributed by atoms with Gasteiger partial charge in [0.2, 0.25) is 0 Å². The fourth-order valence-electron chi connectivity index (χ4n) is 2.48. The predicted molar refractivity (Wildman–Crippen MR) is 86.3 cm³/mol. The molecule has 1 aliphatic carbocycles. The highest BCUT2D eigenvalue weighted by molar-refractivity contribution is 6.30. The average Bonchev–Trinajstić information content (AvgIpc) is 2.50. The molecule has 0 bridgehead atoms. The van der Waals surface area contributed by atoms with E-state index in [1.165, 1.54) is 0 Å². The van der Waals surface area contributed by atoms with Crippen LogP contribution < -0.4 is 15.4 Å². The maximum Gasteiger partial charge on any atom is 0.315 e. The van der Waals surface area contributed by atoms with Crippen LogP contribution in [0.5, 0.6) is 5.75 Å². The summed E-state index contributed by atoms with van der Waals surface area (Å²) < 4.78 is 5.69. The highest BCUT2D eigenvalue weighted by Crippen LogP contribution is 2.18. The number of ether oxygens (including phenoxy) is 1. The highest BCUT2D eigenvalue weighted by Gasteiger charge is 2.20. The topological polar surface area (TPSA) is 70.6 Å². The van der Waals surface area contributed by atoms with Gasteiger partial charge in [-0.3, -0.25) is 0 Å². The Balaban J connectivity index is 1.66. The second-order valence-corrected chi connectivity index (χ2v) is 6.18. The zero-order chi connectivity index (χ0) is 15.9. The number of hydrogen-bond acceptors (Lipinski definition) is 3. The standard InChI is InChI=1S/C16H23ClN2O3/c1-11(22-15-8-2-12(17)3-9-15)10-18-16(21)19-13-4-6-14(20)7-5-13/h2-3,8-9,11,13-14,20H,4-7,10H2,1H3,(H2,18,19,21)/t11-,13?,14?/m0/s1. The van der Waals surface area contributed by atoms with Gasteiger partial charge in [0.1, 0.15) is 11.9 Å². The van der Waals surface area contributed by atoms with Crippen molar-refractivity contribution in [1.82, 2.24) is 10.6 Å². The molecular weight excluding hydrogens is 304 g/mol. The first-order valence-electron chi connectivity index (χ1n) is 7.67. The summed E-state index contributed by atoms with van der Waals surface area (Å²) in [5, 5.41) is 15.8. The number of amides is 2. The smallest absolute Gasteiger partial charge is 0.315 e.